The molecule has 0 aromatic carbocycles. The van der Waals surface area contributed by atoms with Crippen LogP contribution in [0.5, 0.6) is 0 Å². The molecule has 0 radical (unpaired) electrons. The molecule has 23 heavy (non-hydrogen) atoms. The summed E-state index contributed by atoms with van der Waals surface area (Å²) in [5.74, 6) is 0.0417. The summed E-state index contributed by atoms with van der Waals surface area (Å²) in [6.45, 7) is 15.1. The van der Waals surface area contributed by atoms with E-state index >= 15 is 0 Å². The maximum Gasteiger partial charge on any atom is 0.349 e. The zero-order valence-electron chi connectivity index (χ0n) is 15.3. The van der Waals surface area contributed by atoms with Gasteiger partial charge in [0.05, 0.1) is 12.7 Å². The minimum absolute atomic E-state index is 0.0859. The van der Waals surface area contributed by atoms with Crippen molar-refractivity contribution in [2.45, 2.75) is 89.4 Å². The average Bonchev–Trinajstić information content (AvgIpc) is 3.13. The second kappa shape index (κ2) is 5.28. The maximum atomic E-state index is 11.6. The number of carbonyl (C=O) groups excluding carboxylic acids is 1. The molecule has 0 N–H and O–H groups in total. The lowest BCUT2D eigenvalue weighted by Crippen LogP contribution is -2.68. The SMILES string of the molecule is CC(=O)O[C@@H]1[C@@H]2C[C@@H]2O[C@@H]2CO[Si](C(C)(C)C)(C(C)(C)C)O[C@@H]12. The van der Waals surface area contributed by atoms with E-state index in [0.29, 0.717) is 6.61 Å². The Morgan fingerprint density at radius 3 is 2.22 bits per heavy atom. The summed E-state index contributed by atoms with van der Waals surface area (Å²) in [6.07, 6.45) is 0.617. The van der Waals surface area contributed by atoms with Crippen LogP contribution in [0.1, 0.15) is 54.9 Å². The van der Waals surface area contributed by atoms with Gasteiger partial charge in [0.15, 0.2) is 0 Å². The molecule has 1 saturated carbocycles. The summed E-state index contributed by atoms with van der Waals surface area (Å²) in [6, 6.07) is 0. The third-order valence-corrected chi connectivity index (χ3v) is 10.4. The Morgan fingerprint density at radius 1 is 1.09 bits per heavy atom. The van der Waals surface area contributed by atoms with Crippen LogP contribution in [-0.2, 0) is 23.1 Å². The van der Waals surface area contributed by atoms with Crippen molar-refractivity contribution in [2.75, 3.05) is 6.61 Å². The van der Waals surface area contributed by atoms with Gasteiger partial charge in [-0.05, 0) is 6.42 Å². The Labute approximate surface area is 140 Å². The highest BCUT2D eigenvalue weighted by Crippen LogP contribution is 2.57. The van der Waals surface area contributed by atoms with Gasteiger partial charge in [-0.3, -0.25) is 4.79 Å². The molecule has 0 aromatic rings. The molecular weight excluding hydrogens is 312 g/mol. The molecule has 6 heteroatoms. The predicted octanol–water partition coefficient (Wildman–Crippen LogP) is 3.16. The van der Waals surface area contributed by atoms with Crippen LogP contribution >= 0.6 is 0 Å². The Morgan fingerprint density at radius 2 is 1.70 bits per heavy atom. The first-order chi connectivity index (χ1) is 10.5. The minimum Gasteiger partial charge on any atom is -0.459 e. The fourth-order valence-corrected chi connectivity index (χ4v) is 9.37. The predicted molar refractivity (Wildman–Crippen MR) is 88.3 cm³/mol. The fourth-order valence-electron chi connectivity index (χ4n) is 4.41. The fraction of sp³-hybridized carbons (Fsp3) is 0.941. The molecule has 5 atom stereocenters. The summed E-state index contributed by atoms with van der Waals surface area (Å²) in [4.78, 5) is 11.6. The van der Waals surface area contributed by atoms with Gasteiger partial charge in [0.25, 0.3) is 0 Å². The minimum atomic E-state index is -2.57. The van der Waals surface area contributed by atoms with Crippen molar-refractivity contribution >= 4 is 14.5 Å². The van der Waals surface area contributed by atoms with Gasteiger partial charge in [0.1, 0.15) is 18.3 Å². The van der Waals surface area contributed by atoms with E-state index in [9.17, 15) is 4.79 Å². The number of hydrogen-bond donors (Lipinski definition) is 0. The van der Waals surface area contributed by atoms with Gasteiger partial charge in [-0.15, -0.1) is 0 Å². The van der Waals surface area contributed by atoms with E-state index in [2.05, 4.69) is 41.5 Å². The van der Waals surface area contributed by atoms with E-state index in [1.165, 1.54) is 6.92 Å². The molecule has 5 nitrogen and oxygen atoms in total. The molecule has 3 rings (SSSR count). The van der Waals surface area contributed by atoms with Crippen molar-refractivity contribution < 1.29 is 23.1 Å². The standard InChI is InChI=1S/C17H30O5Si/c1-10(18)20-14-11-8-12(11)21-13-9-19-23(16(2,3)4,17(5,6)7)22-15(13)14/h11-15H,8-9H2,1-7H3/t11-,12+,13-,14-,15-/m1/s1. The molecule has 132 valence electrons. The Kier molecular flexibility index (Phi) is 3.99. The van der Waals surface area contributed by atoms with Crippen LogP contribution in [0, 0.1) is 5.92 Å². The van der Waals surface area contributed by atoms with Crippen molar-refractivity contribution in [3.63, 3.8) is 0 Å². The lowest BCUT2D eigenvalue weighted by atomic mass is 10.0. The van der Waals surface area contributed by atoms with Gasteiger partial charge >= 0.3 is 14.5 Å². The van der Waals surface area contributed by atoms with Crippen LogP contribution in [-0.4, -0.2) is 45.6 Å². The van der Waals surface area contributed by atoms with Crippen molar-refractivity contribution in [3.8, 4) is 0 Å². The van der Waals surface area contributed by atoms with Gasteiger partial charge < -0.3 is 18.3 Å². The zero-order chi connectivity index (χ0) is 17.2. The monoisotopic (exact) mass is 342 g/mol. The van der Waals surface area contributed by atoms with Gasteiger partial charge in [-0.25, -0.2) is 0 Å². The Bertz CT molecular complexity index is 478. The molecule has 3 fully saturated rings. The molecule has 0 spiro atoms. The number of rotatable bonds is 1. The number of fused-ring (bicyclic) bond motifs is 2. The normalized spacial score (nSPS) is 39.2. The molecular formula is C17H30O5Si. The third kappa shape index (κ3) is 2.77. The number of esters is 1. The number of hydrogen-bond acceptors (Lipinski definition) is 5. The molecule has 0 bridgehead atoms. The summed E-state index contributed by atoms with van der Waals surface area (Å²) in [5.41, 5.74) is 0. The highest BCUT2D eigenvalue weighted by Gasteiger charge is 2.67. The first-order valence-electron chi connectivity index (χ1n) is 8.61. The molecule has 2 heterocycles. The Balaban J connectivity index is 1.92. The summed E-state index contributed by atoms with van der Waals surface area (Å²) in [5, 5.41) is -0.172. The first kappa shape index (κ1) is 17.4. The molecule has 0 aromatic heterocycles. The van der Waals surface area contributed by atoms with E-state index in [1.807, 2.05) is 0 Å². The van der Waals surface area contributed by atoms with Crippen LogP contribution < -0.4 is 0 Å². The molecule has 0 unspecified atom stereocenters. The summed E-state index contributed by atoms with van der Waals surface area (Å²) >= 11 is 0. The lowest BCUT2D eigenvalue weighted by molar-refractivity contribution is -0.197. The molecule has 3 aliphatic rings. The first-order valence-corrected chi connectivity index (χ1v) is 10.4. The largest absolute Gasteiger partial charge is 0.459 e. The van der Waals surface area contributed by atoms with Crippen molar-refractivity contribution in [2.24, 2.45) is 5.92 Å². The van der Waals surface area contributed by atoms with E-state index < -0.39 is 8.56 Å². The van der Waals surface area contributed by atoms with Crippen LogP contribution in [0.25, 0.3) is 0 Å². The summed E-state index contributed by atoms with van der Waals surface area (Å²) < 4.78 is 24.9. The smallest absolute Gasteiger partial charge is 0.349 e. The second-order valence-corrected chi connectivity index (χ2v) is 14.0. The van der Waals surface area contributed by atoms with Gasteiger partial charge in [0, 0.05) is 22.9 Å². The van der Waals surface area contributed by atoms with E-state index in [0.717, 1.165) is 6.42 Å². The molecule has 2 saturated heterocycles. The zero-order valence-corrected chi connectivity index (χ0v) is 16.3. The maximum absolute atomic E-state index is 11.6. The van der Waals surface area contributed by atoms with Crippen LogP contribution in [0.15, 0.2) is 0 Å². The van der Waals surface area contributed by atoms with Crippen molar-refractivity contribution in [1.29, 1.82) is 0 Å². The van der Waals surface area contributed by atoms with E-state index in [1.54, 1.807) is 0 Å². The summed E-state index contributed by atoms with van der Waals surface area (Å²) in [7, 11) is -2.57. The third-order valence-electron chi connectivity index (χ3n) is 5.27. The van der Waals surface area contributed by atoms with Crippen LogP contribution in [0.2, 0.25) is 10.1 Å². The number of ether oxygens (including phenoxy) is 2. The number of carbonyl (C=O) groups is 1. The quantitative estimate of drug-likeness (QED) is 0.541. The highest BCUT2D eigenvalue weighted by atomic mass is 28.4. The van der Waals surface area contributed by atoms with Gasteiger partial charge in [-0.1, -0.05) is 41.5 Å². The highest BCUT2D eigenvalue weighted by molar-refractivity contribution is 6.73. The van der Waals surface area contributed by atoms with Gasteiger partial charge in [0.2, 0.25) is 0 Å². The Hall–Kier alpha value is -0.433. The molecule has 2 aliphatic heterocycles. The van der Waals surface area contributed by atoms with Crippen molar-refractivity contribution in [1.82, 2.24) is 0 Å². The lowest BCUT2D eigenvalue weighted by Gasteiger charge is -2.56. The van der Waals surface area contributed by atoms with Crippen LogP contribution in [0.4, 0.5) is 0 Å². The average molecular weight is 343 g/mol. The van der Waals surface area contributed by atoms with Crippen molar-refractivity contribution in [3.05, 3.63) is 0 Å². The molecule has 1 aliphatic carbocycles. The second-order valence-electron chi connectivity index (χ2n) is 9.20. The van der Waals surface area contributed by atoms with E-state index in [-0.39, 0.29) is 46.4 Å². The van der Waals surface area contributed by atoms with Crippen LogP contribution in [0.3, 0.4) is 0 Å². The topological polar surface area (TPSA) is 54.0 Å². The molecule has 0 amide bonds. The van der Waals surface area contributed by atoms with Gasteiger partial charge in [-0.2, -0.15) is 0 Å². The van der Waals surface area contributed by atoms with E-state index in [4.69, 9.17) is 18.3 Å².